The summed E-state index contributed by atoms with van der Waals surface area (Å²) in [6, 6.07) is 4.53. The molecule has 2 aromatic heterocycles. The molecule has 0 aliphatic heterocycles. The van der Waals surface area contributed by atoms with Crippen LogP contribution in [-0.4, -0.2) is 27.5 Å². The topological polar surface area (TPSA) is 76.7 Å². The summed E-state index contributed by atoms with van der Waals surface area (Å²) in [6.45, 7) is 1.76. The standard InChI is InChI=1S/C26H35FN4O/c1-16-24-25(30-29-16)22-12-20(17-8-4-2-5-9-17)21(18-10-6-3-7-11-18)13-23(22)31(26(24)32)15-19(27)14-28/h12-13,17-19H,2-11,14-15,28H2,1H3,(H,29,30). The lowest BCUT2D eigenvalue weighted by molar-refractivity contribution is 0.304. The largest absolute Gasteiger partial charge is 0.328 e. The number of aromatic nitrogens is 3. The van der Waals surface area contributed by atoms with Gasteiger partial charge in [0.1, 0.15) is 11.7 Å². The van der Waals surface area contributed by atoms with Crippen LogP contribution >= 0.6 is 0 Å². The molecule has 2 aliphatic carbocycles. The van der Waals surface area contributed by atoms with Crippen LogP contribution in [0.25, 0.3) is 21.8 Å². The predicted molar refractivity (Wildman–Crippen MR) is 128 cm³/mol. The number of hydrogen-bond donors (Lipinski definition) is 2. The summed E-state index contributed by atoms with van der Waals surface area (Å²) in [5.74, 6) is 1.10. The number of hydrogen-bond acceptors (Lipinski definition) is 3. The quantitative estimate of drug-likeness (QED) is 0.546. The van der Waals surface area contributed by atoms with Gasteiger partial charge in [0.05, 0.1) is 17.4 Å². The first-order valence-electron chi connectivity index (χ1n) is 12.5. The second-order valence-corrected chi connectivity index (χ2v) is 9.99. The van der Waals surface area contributed by atoms with Gasteiger partial charge in [-0.3, -0.25) is 9.89 Å². The van der Waals surface area contributed by atoms with Crippen LogP contribution in [0.4, 0.5) is 4.39 Å². The first kappa shape index (κ1) is 21.6. The lowest BCUT2D eigenvalue weighted by Gasteiger charge is -2.30. The van der Waals surface area contributed by atoms with Gasteiger partial charge in [0, 0.05) is 17.6 Å². The summed E-state index contributed by atoms with van der Waals surface area (Å²) >= 11 is 0. The minimum Gasteiger partial charge on any atom is -0.328 e. The molecule has 5 rings (SSSR count). The molecular formula is C26H35FN4O. The number of nitrogens with one attached hydrogen (secondary N) is 1. The number of H-pyrrole nitrogens is 1. The van der Waals surface area contributed by atoms with Gasteiger partial charge < -0.3 is 10.3 Å². The van der Waals surface area contributed by atoms with Crippen molar-refractivity contribution in [1.29, 1.82) is 0 Å². The first-order chi connectivity index (χ1) is 15.6. The van der Waals surface area contributed by atoms with Crippen molar-refractivity contribution in [2.45, 2.75) is 95.7 Å². The molecular weight excluding hydrogens is 403 g/mol. The van der Waals surface area contributed by atoms with Crippen LogP contribution in [0.15, 0.2) is 16.9 Å². The van der Waals surface area contributed by atoms with E-state index >= 15 is 0 Å². The maximum Gasteiger partial charge on any atom is 0.262 e. The van der Waals surface area contributed by atoms with E-state index in [1.807, 2.05) is 6.92 Å². The van der Waals surface area contributed by atoms with E-state index in [1.54, 1.807) is 4.57 Å². The lowest BCUT2D eigenvalue weighted by Crippen LogP contribution is -2.29. The van der Waals surface area contributed by atoms with Gasteiger partial charge in [0.2, 0.25) is 0 Å². The number of benzene rings is 1. The summed E-state index contributed by atoms with van der Waals surface area (Å²) in [7, 11) is 0. The molecule has 2 saturated carbocycles. The number of aryl methyl sites for hydroxylation is 1. The maximum absolute atomic E-state index is 14.5. The van der Waals surface area contributed by atoms with Crippen LogP contribution in [0.5, 0.6) is 0 Å². The Labute approximate surface area is 188 Å². The highest BCUT2D eigenvalue weighted by molar-refractivity contribution is 6.04. The normalized spacial score (nSPS) is 19.7. The molecule has 172 valence electrons. The van der Waals surface area contributed by atoms with E-state index in [0.29, 0.717) is 22.7 Å². The monoisotopic (exact) mass is 438 g/mol. The Morgan fingerprint density at radius 1 is 1.06 bits per heavy atom. The van der Waals surface area contributed by atoms with Crippen molar-refractivity contribution in [3.8, 4) is 0 Å². The third-order valence-corrected chi connectivity index (χ3v) is 7.88. The third-order valence-electron chi connectivity index (χ3n) is 7.88. The highest BCUT2D eigenvalue weighted by Crippen LogP contribution is 2.43. The van der Waals surface area contributed by atoms with Crippen LogP contribution in [0, 0.1) is 6.92 Å². The van der Waals surface area contributed by atoms with Crippen LogP contribution < -0.4 is 11.3 Å². The summed E-state index contributed by atoms with van der Waals surface area (Å²) in [4.78, 5) is 13.4. The van der Waals surface area contributed by atoms with E-state index in [2.05, 4.69) is 22.3 Å². The zero-order chi connectivity index (χ0) is 22.2. The number of alkyl halides is 1. The molecule has 0 spiro atoms. The average molecular weight is 439 g/mol. The Hall–Kier alpha value is -2.21. The molecule has 5 nitrogen and oxygen atoms in total. The van der Waals surface area contributed by atoms with Crippen LogP contribution in [0.2, 0.25) is 0 Å². The van der Waals surface area contributed by atoms with Crippen molar-refractivity contribution >= 4 is 21.8 Å². The molecule has 6 heteroatoms. The second kappa shape index (κ2) is 8.97. The van der Waals surface area contributed by atoms with Crippen LogP contribution in [-0.2, 0) is 6.54 Å². The Kier molecular flexibility index (Phi) is 6.06. The van der Waals surface area contributed by atoms with Gasteiger partial charge in [-0.25, -0.2) is 4.39 Å². The Bertz CT molecular complexity index is 1170. The minimum atomic E-state index is -1.25. The molecule has 0 saturated heterocycles. The molecule has 1 atom stereocenters. The van der Waals surface area contributed by atoms with Crippen molar-refractivity contribution in [2.75, 3.05) is 6.54 Å². The smallest absolute Gasteiger partial charge is 0.262 e. The maximum atomic E-state index is 14.5. The summed E-state index contributed by atoms with van der Waals surface area (Å²) in [5, 5.41) is 9.06. The fraction of sp³-hybridized carbons (Fsp3) is 0.615. The van der Waals surface area contributed by atoms with Gasteiger partial charge in [-0.2, -0.15) is 5.10 Å². The predicted octanol–water partition coefficient (Wildman–Crippen LogP) is 5.58. The SMILES string of the molecule is Cc1[nH]nc2c1c(=O)n(CC(F)CN)c1cc(C3CCCCC3)c(C3CCCCC3)cc21. The van der Waals surface area contributed by atoms with Crippen LogP contribution in [0.3, 0.4) is 0 Å². The highest BCUT2D eigenvalue weighted by atomic mass is 19.1. The molecule has 2 aliphatic rings. The number of nitrogens with two attached hydrogens (primary N) is 1. The fourth-order valence-corrected chi connectivity index (χ4v) is 6.15. The fourth-order valence-electron chi connectivity index (χ4n) is 6.15. The Balaban J connectivity index is 1.79. The van der Waals surface area contributed by atoms with Gasteiger partial charge in [-0.15, -0.1) is 0 Å². The van der Waals surface area contributed by atoms with Gasteiger partial charge in [0.15, 0.2) is 0 Å². The van der Waals surface area contributed by atoms with Gasteiger partial charge in [-0.05, 0) is 67.7 Å². The molecule has 3 N–H and O–H groups in total. The molecule has 3 aromatic rings. The van der Waals surface area contributed by atoms with Gasteiger partial charge >= 0.3 is 0 Å². The molecule has 32 heavy (non-hydrogen) atoms. The summed E-state index contributed by atoms with van der Waals surface area (Å²) in [6.07, 6.45) is 11.3. The van der Waals surface area contributed by atoms with E-state index in [0.717, 1.165) is 16.6 Å². The molecule has 0 bridgehead atoms. The van der Waals surface area contributed by atoms with Crippen molar-refractivity contribution in [3.63, 3.8) is 0 Å². The third kappa shape index (κ3) is 3.76. The number of rotatable bonds is 5. The molecule has 0 radical (unpaired) electrons. The second-order valence-electron chi connectivity index (χ2n) is 9.99. The molecule has 0 amide bonds. The first-order valence-corrected chi connectivity index (χ1v) is 12.5. The Morgan fingerprint density at radius 3 is 2.25 bits per heavy atom. The van der Waals surface area contributed by atoms with E-state index in [4.69, 9.17) is 5.73 Å². The number of pyridine rings is 1. The van der Waals surface area contributed by atoms with Crippen molar-refractivity contribution in [1.82, 2.24) is 14.8 Å². The van der Waals surface area contributed by atoms with E-state index in [9.17, 15) is 9.18 Å². The molecule has 2 heterocycles. The number of fused-ring (bicyclic) bond motifs is 3. The highest BCUT2D eigenvalue weighted by Gasteiger charge is 2.27. The number of aromatic amines is 1. The van der Waals surface area contributed by atoms with E-state index in [-0.39, 0.29) is 18.6 Å². The average Bonchev–Trinajstić information content (AvgIpc) is 3.23. The zero-order valence-corrected chi connectivity index (χ0v) is 19.1. The Morgan fingerprint density at radius 2 is 1.66 bits per heavy atom. The number of halogens is 1. The van der Waals surface area contributed by atoms with E-state index < -0.39 is 6.17 Å². The molecule has 1 unspecified atom stereocenters. The van der Waals surface area contributed by atoms with Crippen LogP contribution in [0.1, 0.15) is 92.9 Å². The molecule has 1 aromatic carbocycles. The van der Waals surface area contributed by atoms with Gasteiger partial charge in [-0.1, -0.05) is 38.5 Å². The van der Waals surface area contributed by atoms with Crippen molar-refractivity contribution < 1.29 is 4.39 Å². The zero-order valence-electron chi connectivity index (χ0n) is 19.1. The summed E-state index contributed by atoms with van der Waals surface area (Å²) in [5.41, 5.74) is 10.5. The summed E-state index contributed by atoms with van der Waals surface area (Å²) < 4.78 is 16.1. The van der Waals surface area contributed by atoms with E-state index in [1.165, 1.54) is 75.3 Å². The van der Waals surface area contributed by atoms with Crippen molar-refractivity contribution in [2.24, 2.45) is 5.73 Å². The van der Waals surface area contributed by atoms with Gasteiger partial charge in [0.25, 0.3) is 5.56 Å². The minimum absolute atomic E-state index is 0.0146. The number of nitrogens with zero attached hydrogens (tertiary/aromatic N) is 2. The van der Waals surface area contributed by atoms with Crippen molar-refractivity contribution in [3.05, 3.63) is 39.3 Å². The lowest BCUT2D eigenvalue weighted by atomic mass is 9.75. The molecule has 2 fully saturated rings.